The number of fused-ring (bicyclic) bond motifs is 2. The molecule has 2 aromatic carbocycles. The van der Waals surface area contributed by atoms with Crippen molar-refractivity contribution >= 4 is 44.9 Å². The predicted molar refractivity (Wildman–Crippen MR) is 132 cm³/mol. The minimum atomic E-state index is -0.276. The van der Waals surface area contributed by atoms with Crippen LogP contribution < -0.4 is 10.9 Å². The molecule has 2 N–H and O–H groups in total. The maximum Gasteiger partial charge on any atom is 0.261 e. The van der Waals surface area contributed by atoms with E-state index in [0.717, 1.165) is 21.5 Å². The fraction of sp³-hybridized carbons (Fsp3) is 0. The summed E-state index contributed by atoms with van der Waals surface area (Å²) in [5, 5.41) is 10.5. The molecule has 164 valence electrons. The van der Waals surface area contributed by atoms with Gasteiger partial charge in [-0.1, -0.05) is 36.4 Å². The number of aromatic nitrogens is 5. The zero-order valence-electron chi connectivity index (χ0n) is 17.6. The zero-order valence-corrected chi connectivity index (χ0v) is 18.4. The molecule has 0 bridgehead atoms. The van der Waals surface area contributed by atoms with E-state index in [4.69, 9.17) is 4.98 Å². The molecule has 0 spiro atoms. The molecule has 6 rings (SSSR count). The summed E-state index contributed by atoms with van der Waals surface area (Å²) >= 11 is 1.57. The van der Waals surface area contributed by atoms with E-state index >= 15 is 0 Å². The Bertz CT molecular complexity index is 1740. The lowest BCUT2D eigenvalue weighted by molar-refractivity contribution is 0.102. The lowest BCUT2D eigenvalue weighted by Gasteiger charge is -2.13. The molecule has 0 aliphatic carbocycles. The molecule has 0 aliphatic rings. The number of carbonyl (C=O) groups excluding carboxylic acids is 1. The first-order valence-electron chi connectivity index (χ1n) is 10.4. The van der Waals surface area contributed by atoms with E-state index < -0.39 is 0 Å². The molecule has 9 heteroatoms. The third-order valence-corrected chi connectivity index (χ3v) is 6.38. The molecule has 0 radical (unpaired) electrons. The summed E-state index contributed by atoms with van der Waals surface area (Å²) in [5.74, 6) is -0.272. The second-order valence-corrected chi connectivity index (χ2v) is 8.49. The van der Waals surface area contributed by atoms with Gasteiger partial charge in [0.05, 0.1) is 45.6 Å². The first-order valence-corrected chi connectivity index (χ1v) is 11.3. The van der Waals surface area contributed by atoms with Crippen molar-refractivity contribution in [3.8, 4) is 16.3 Å². The monoisotopic (exact) mass is 464 g/mol. The zero-order chi connectivity index (χ0) is 23.1. The van der Waals surface area contributed by atoms with Gasteiger partial charge in [-0.2, -0.15) is 5.10 Å². The highest BCUT2D eigenvalue weighted by atomic mass is 32.1. The summed E-state index contributed by atoms with van der Waals surface area (Å²) in [4.78, 5) is 38.2. The Morgan fingerprint density at radius 3 is 2.74 bits per heavy atom. The van der Waals surface area contributed by atoms with Crippen LogP contribution in [0, 0.1) is 0 Å². The normalized spacial score (nSPS) is 11.2. The van der Waals surface area contributed by atoms with Crippen LogP contribution in [-0.4, -0.2) is 30.6 Å². The molecule has 6 aromatic rings. The molecule has 0 unspecified atom stereocenters. The summed E-state index contributed by atoms with van der Waals surface area (Å²) in [6, 6.07) is 20.6. The second kappa shape index (κ2) is 8.05. The van der Waals surface area contributed by atoms with E-state index in [9.17, 15) is 9.59 Å². The van der Waals surface area contributed by atoms with Crippen LogP contribution in [0.4, 0.5) is 5.69 Å². The molecule has 0 saturated carbocycles. The van der Waals surface area contributed by atoms with E-state index in [0.29, 0.717) is 28.0 Å². The summed E-state index contributed by atoms with van der Waals surface area (Å²) in [5.41, 5.74) is 3.27. The van der Waals surface area contributed by atoms with Gasteiger partial charge in [0.15, 0.2) is 5.65 Å². The highest BCUT2D eigenvalue weighted by Crippen LogP contribution is 2.29. The predicted octanol–water partition coefficient (Wildman–Crippen LogP) is 4.64. The number of nitrogens with one attached hydrogen (secondary N) is 2. The van der Waals surface area contributed by atoms with Crippen LogP contribution in [0.3, 0.4) is 0 Å². The lowest BCUT2D eigenvalue weighted by Crippen LogP contribution is -2.15. The number of aromatic amines is 1. The number of benzene rings is 2. The van der Waals surface area contributed by atoms with Crippen LogP contribution in [0.2, 0.25) is 0 Å². The summed E-state index contributed by atoms with van der Waals surface area (Å²) in [6.07, 6.45) is 2.79. The van der Waals surface area contributed by atoms with Gasteiger partial charge in [0, 0.05) is 5.39 Å². The largest absolute Gasteiger partial charge is 0.320 e. The first kappa shape index (κ1) is 20.0. The second-order valence-electron chi connectivity index (χ2n) is 7.55. The average molecular weight is 465 g/mol. The van der Waals surface area contributed by atoms with Crippen LogP contribution >= 0.6 is 11.3 Å². The molecular formula is C25H16N6O2S. The number of carbonyl (C=O) groups is 1. The number of H-pyrrole nitrogens is 1. The van der Waals surface area contributed by atoms with E-state index in [1.54, 1.807) is 22.1 Å². The van der Waals surface area contributed by atoms with Crippen molar-refractivity contribution in [2.75, 3.05) is 5.32 Å². The van der Waals surface area contributed by atoms with Crippen molar-refractivity contribution in [1.82, 2.24) is 24.7 Å². The summed E-state index contributed by atoms with van der Waals surface area (Å²) in [7, 11) is 0. The van der Waals surface area contributed by atoms with E-state index in [2.05, 4.69) is 20.4 Å². The van der Waals surface area contributed by atoms with Crippen molar-refractivity contribution in [2.24, 2.45) is 0 Å². The van der Waals surface area contributed by atoms with Crippen molar-refractivity contribution in [2.45, 2.75) is 0 Å². The number of amides is 1. The molecule has 8 nitrogen and oxygen atoms in total. The number of pyridine rings is 1. The van der Waals surface area contributed by atoms with Gasteiger partial charge in [-0.25, -0.2) is 14.6 Å². The molecule has 0 atom stereocenters. The Balaban J connectivity index is 1.45. The number of hydrogen-bond donors (Lipinski definition) is 2. The van der Waals surface area contributed by atoms with Crippen LogP contribution in [-0.2, 0) is 0 Å². The molecule has 4 aromatic heterocycles. The van der Waals surface area contributed by atoms with E-state index in [1.807, 2.05) is 66.0 Å². The third-order valence-electron chi connectivity index (χ3n) is 5.49. The lowest BCUT2D eigenvalue weighted by atomic mass is 10.1. The van der Waals surface area contributed by atoms with Crippen LogP contribution in [0.1, 0.15) is 10.4 Å². The Hall–Kier alpha value is -4.63. The van der Waals surface area contributed by atoms with Gasteiger partial charge in [0.2, 0.25) is 0 Å². The Morgan fingerprint density at radius 2 is 1.85 bits per heavy atom. The molecule has 0 saturated heterocycles. The highest BCUT2D eigenvalue weighted by molar-refractivity contribution is 7.13. The maximum absolute atomic E-state index is 13.6. The Labute approximate surface area is 196 Å². The Kier molecular flexibility index (Phi) is 4.74. The summed E-state index contributed by atoms with van der Waals surface area (Å²) in [6.45, 7) is 0. The van der Waals surface area contributed by atoms with Gasteiger partial charge in [-0.3, -0.25) is 9.59 Å². The maximum atomic E-state index is 13.6. The fourth-order valence-corrected chi connectivity index (χ4v) is 4.59. The number of thiophene rings is 1. The minimum absolute atomic E-state index is 0.272. The van der Waals surface area contributed by atoms with Crippen molar-refractivity contribution in [3.63, 3.8) is 0 Å². The molecule has 0 aliphatic heterocycles. The number of nitrogens with zero attached hydrogens (tertiary/aromatic N) is 4. The SMILES string of the molecule is O=C(Nc1ccccc1-n1ncc2c(=O)[nH]cnc21)c1cc(-c2cccs2)nc2ccccc12. The van der Waals surface area contributed by atoms with Gasteiger partial charge in [0.25, 0.3) is 11.5 Å². The smallest absolute Gasteiger partial charge is 0.261 e. The summed E-state index contributed by atoms with van der Waals surface area (Å²) < 4.78 is 1.54. The van der Waals surface area contributed by atoms with Crippen molar-refractivity contribution < 1.29 is 4.79 Å². The average Bonchev–Trinajstić information content (AvgIpc) is 3.55. The van der Waals surface area contributed by atoms with Gasteiger partial charge in [0.1, 0.15) is 5.39 Å². The number of anilines is 1. The molecule has 4 heterocycles. The first-order chi connectivity index (χ1) is 16.7. The van der Waals surface area contributed by atoms with E-state index in [1.165, 1.54) is 12.5 Å². The molecular weight excluding hydrogens is 448 g/mol. The van der Waals surface area contributed by atoms with Crippen LogP contribution in [0.25, 0.3) is 38.2 Å². The number of hydrogen-bond acceptors (Lipinski definition) is 6. The highest BCUT2D eigenvalue weighted by Gasteiger charge is 2.18. The Morgan fingerprint density at radius 1 is 1.00 bits per heavy atom. The fourth-order valence-electron chi connectivity index (χ4n) is 3.90. The van der Waals surface area contributed by atoms with Gasteiger partial charge in [-0.15, -0.1) is 11.3 Å². The van der Waals surface area contributed by atoms with Gasteiger partial charge >= 0.3 is 0 Å². The molecule has 34 heavy (non-hydrogen) atoms. The standard InChI is InChI=1S/C25H16N6O2S/c32-24-17-13-28-31(23(17)26-14-27-24)21-9-4-3-8-19(21)30-25(33)16-12-20(22-10-5-11-34-22)29-18-7-2-1-6-15(16)18/h1-14H,(H,30,33)(H,26,27,32). The quantitative estimate of drug-likeness (QED) is 0.395. The van der Waals surface area contributed by atoms with Crippen LogP contribution in [0.15, 0.2) is 89.4 Å². The van der Waals surface area contributed by atoms with Crippen molar-refractivity contribution in [3.05, 3.63) is 101 Å². The van der Waals surface area contributed by atoms with Gasteiger partial charge in [-0.05, 0) is 35.7 Å². The van der Waals surface area contributed by atoms with Gasteiger partial charge < -0.3 is 10.3 Å². The minimum Gasteiger partial charge on any atom is -0.320 e. The third kappa shape index (κ3) is 3.35. The molecule has 0 fully saturated rings. The number of para-hydroxylation sites is 3. The van der Waals surface area contributed by atoms with Crippen LogP contribution in [0.5, 0.6) is 0 Å². The number of rotatable bonds is 4. The molecule has 1 amide bonds. The van der Waals surface area contributed by atoms with Crippen molar-refractivity contribution in [1.29, 1.82) is 0 Å². The van der Waals surface area contributed by atoms with E-state index in [-0.39, 0.29) is 11.5 Å². The topological polar surface area (TPSA) is 106 Å².